The molecule has 0 aromatic heterocycles. The molecule has 0 heterocycles. The Morgan fingerprint density at radius 1 is 1.40 bits per heavy atom. The number of aldehydes is 1. The van der Waals surface area contributed by atoms with E-state index < -0.39 is 12.1 Å². The molecule has 0 bridgehead atoms. The molecule has 0 fully saturated rings. The van der Waals surface area contributed by atoms with Crippen molar-refractivity contribution in [2.45, 2.75) is 6.10 Å². The van der Waals surface area contributed by atoms with Gasteiger partial charge in [-0.25, -0.2) is 4.79 Å². The van der Waals surface area contributed by atoms with Crippen LogP contribution in [0.15, 0.2) is 24.3 Å². The number of methoxy groups -OCH3 is 1. The first-order valence-electron chi connectivity index (χ1n) is 4.12. The molecular weight excluding hydrogens is 220 g/mol. The van der Waals surface area contributed by atoms with Crippen molar-refractivity contribution in [1.29, 1.82) is 0 Å². The van der Waals surface area contributed by atoms with Gasteiger partial charge in [0.25, 0.3) is 0 Å². The van der Waals surface area contributed by atoms with Crippen LogP contribution in [0.5, 0.6) is 5.75 Å². The minimum absolute atomic E-state index is 0.375. The third kappa shape index (κ3) is 3.25. The Morgan fingerprint density at radius 3 is 2.47 bits per heavy atom. The lowest BCUT2D eigenvalue weighted by atomic mass is 10.3. The van der Waals surface area contributed by atoms with Crippen molar-refractivity contribution >= 4 is 23.9 Å². The zero-order chi connectivity index (χ0) is 11.3. The summed E-state index contributed by atoms with van der Waals surface area (Å²) in [6.07, 6.45) is -0.864. The third-order valence-electron chi connectivity index (χ3n) is 1.63. The van der Waals surface area contributed by atoms with Gasteiger partial charge in [0.1, 0.15) is 5.75 Å². The van der Waals surface area contributed by atoms with Crippen molar-refractivity contribution < 1.29 is 19.1 Å². The van der Waals surface area contributed by atoms with E-state index in [0.717, 1.165) is 0 Å². The lowest BCUT2D eigenvalue weighted by Crippen LogP contribution is -2.29. The fourth-order valence-electron chi connectivity index (χ4n) is 0.907. The number of carbonyl (C=O) groups excluding carboxylic acids is 2. The molecule has 1 atom stereocenters. The molecule has 80 valence electrons. The van der Waals surface area contributed by atoms with Crippen molar-refractivity contribution in [3.63, 3.8) is 0 Å². The molecule has 0 amide bonds. The molecule has 0 aliphatic carbocycles. The summed E-state index contributed by atoms with van der Waals surface area (Å²) in [6, 6.07) is 6.30. The Morgan fingerprint density at radius 2 is 2.00 bits per heavy atom. The second-order valence-electron chi connectivity index (χ2n) is 2.65. The van der Waals surface area contributed by atoms with Crippen LogP contribution in [0.2, 0.25) is 5.02 Å². The monoisotopic (exact) mass is 228 g/mol. The van der Waals surface area contributed by atoms with Crippen LogP contribution >= 0.6 is 11.6 Å². The lowest BCUT2D eigenvalue weighted by Gasteiger charge is -2.10. The minimum atomic E-state index is -1.24. The fourth-order valence-corrected chi connectivity index (χ4v) is 1.03. The number of halogens is 1. The summed E-state index contributed by atoms with van der Waals surface area (Å²) >= 11 is 5.66. The van der Waals surface area contributed by atoms with Gasteiger partial charge in [-0.05, 0) is 24.3 Å². The van der Waals surface area contributed by atoms with Crippen LogP contribution in [0.4, 0.5) is 0 Å². The van der Waals surface area contributed by atoms with Crippen molar-refractivity contribution in [3.05, 3.63) is 29.3 Å². The topological polar surface area (TPSA) is 52.6 Å². The van der Waals surface area contributed by atoms with Crippen molar-refractivity contribution in [1.82, 2.24) is 0 Å². The molecular formula is C10H9ClO4. The fraction of sp³-hybridized carbons (Fsp3) is 0.200. The normalized spacial score (nSPS) is 11.6. The van der Waals surface area contributed by atoms with Gasteiger partial charge in [0.2, 0.25) is 6.10 Å². The van der Waals surface area contributed by atoms with E-state index in [0.29, 0.717) is 17.1 Å². The molecule has 0 spiro atoms. The van der Waals surface area contributed by atoms with Gasteiger partial charge in [-0.3, -0.25) is 4.79 Å². The summed E-state index contributed by atoms with van der Waals surface area (Å²) in [4.78, 5) is 21.5. The van der Waals surface area contributed by atoms with Gasteiger partial charge in [0.05, 0.1) is 7.11 Å². The number of hydrogen-bond acceptors (Lipinski definition) is 4. The quantitative estimate of drug-likeness (QED) is 0.445. The standard InChI is InChI=1S/C10H9ClO4/c1-14-10(13)9(6-12)15-8-4-2-7(11)3-5-8/h2-6,9H,1H3. The zero-order valence-electron chi connectivity index (χ0n) is 7.98. The van der Waals surface area contributed by atoms with Crippen molar-refractivity contribution in [3.8, 4) is 5.75 Å². The lowest BCUT2D eigenvalue weighted by molar-refractivity contribution is -0.150. The van der Waals surface area contributed by atoms with Gasteiger partial charge in [0, 0.05) is 5.02 Å². The van der Waals surface area contributed by atoms with Gasteiger partial charge >= 0.3 is 5.97 Å². The molecule has 1 rings (SSSR count). The van der Waals surface area contributed by atoms with E-state index in [9.17, 15) is 9.59 Å². The minimum Gasteiger partial charge on any atom is -0.471 e. The summed E-state index contributed by atoms with van der Waals surface area (Å²) in [5, 5.41) is 0.545. The van der Waals surface area contributed by atoms with Gasteiger partial charge in [-0.2, -0.15) is 0 Å². The predicted octanol–water partition coefficient (Wildman–Crippen LogP) is 1.46. The molecule has 4 nitrogen and oxygen atoms in total. The first-order valence-corrected chi connectivity index (χ1v) is 4.50. The average molecular weight is 229 g/mol. The van der Waals surface area contributed by atoms with E-state index in [4.69, 9.17) is 16.3 Å². The van der Waals surface area contributed by atoms with E-state index in [1.807, 2.05) is 0 Å². The maximum Gasteiger partial charge on any atom is 0.354 e. The average Bonchev–Trinajstić information content (AvgIpc) is 2.27. The summed E-state index contributed by atoms with van der Waals surface area (Å²) in [5.41, 5.74) is 0. The molecule has 1 unspecified atom stereocenters. The van der Waals surface area contributed by atoms with E-state index in [2.05, 4.69) is 4.74 Å². The highest BCUT2D eigenvalue weighted by Gasteiger charge is 2.19. The van der Waals surface area contributed by atoms with Crippen LogP contribution in [0, 0.1) is 0 Å². The zero-order valence-corrected chi connectivity index (χ0v) is 8.73. The number of carbonyl (C=O) groups is 2. The smallest absolute Gasteiger partial charge is 0.354 e. The second-order valence-corrected chi connectivity index (χ2v) is 3.09. The van der Waals surface area contributed by atoms with Crippen LogP contribution < -0.4 is 4.74 Å². The summed E-state index contributed by atoms with van der Waals surface area (Å²) < 4.78 is 9.45. The van der Waals surface area contributed by atoms with Crippen molar-refractivity contribution in [2.24, 2.45) is 0 Å². The number of ether oxygens (including phenoxy) is 2. The molecule has 1 aromatic rings. The Balaban J connectivity index is 2.71. The maximum absolute atomic E-state index is 11.0. The summed E-state index contributed by atoms with van der Waals surface area (Å²) in [5.74, 6) is -0.359. The maximum atomic E-state index is 11.0. The van der Waals surface area contributed by atoms with E-state index in [1.165, 1.54) is 7.11 Å². The summed E-state index contributed by atoms with van der Waals surface area (Å²) in [6.45, 7) is 0. The number of rotatable bonds is 4. The molecule has 0 saturated heterocycles. The van der Waals surface area contributed by atoms with Crippen LogP contribution in [0.25, 0.3) is 0 Å². The van der Waals surface area contributed by atoms with Crippen molar-refractivity contribution in [2.75, 3.05) is 7.11 Å². The largest absolute Gasteiger partial charge is 0.471 e. The van der Waals surface area contributed by atoms with Crippen LogP contribution in [0.1, 0.15) is 0 Å². The highest BCUT2D eigenvalue weighted by atomic mass is 35.5. The molecule has 1 aromatic carbocycles. The van der Waals surface area contributed by atoms with Gasteiger partial charge in [0.15, 0.2) is 6.29 Å². The molecule has 0 aliphatic rings. The van der Waals surface area contributed by atoms with E-state index >= 15 is 0 Å². The molecule has 0 saturated carbocycles. The van der Waals surface area contributed by atoms with Crippen LogP contribution in [0.3, 0.4) is 0 Å². The first kappa shape index (κ1) is 11.5. The molecule has 0 radical (unpaired) electrons. The number of benzene rings is 1. The van der Waals surface area contributed by atoms with E-state index in [-0.39, 0.29) is 0 Å². The number of hydrogen-bond donors (Lipinski definition) is 0. The Hall–Kier alpha value is -1.55. The Bertz CT molecular complexity index is 347. The molecule has 0 N–H and O–H groups in total. The predicted molar refractivity (Wildman–Crippen MR) is 53.9 cm³/mol. The molecule has 0 aliphatic heterocycles. The molecule has 15 heavy (non-hydrogen) atoms. The highest BCUT2D eigenvalue weighted by Crippen LogP contribution is 2.16. The van der Waals surface area contributed by atoms with Gasteiger partial charge in [-0.1, -0.05) is 11.6 Å². The third-order valence-corrected chi connectivity index (χ3v) is 1.89. The molecule has 5 heteroatoms. The van der Waals surface area contributed by atoms with Crippen LogP contribution in [-0.2, 0) is 14.3 Å². The Kier molecular flexibility index (Phi) is 4.12. The highest BCUT2D eigenvalue weighted by molar-refractivity contribution is 6.30. The SMILES string of the molecule is COC(=O)C(C=O)Oc1ccc(Cl)cc1. The van der Waals surface area contributed by atoms with Gasteiger partial charge in [-0.15, -0.1) is 0 Å². The van der Waals surface area contributed by atoms with Gasteiger partial charge < -0.3 is 9.47 Å². The number of esters is 1. The summed E-state index contributed by atoms with van der Waals surface area (Å²) in [7, 11) is 1.18. The first-order chi connectivity index (χ1) is 7.17. The Labute approximate surface area is 91.7 Å². The second kappa shape index (κ2) is 5.36. The van der Waals surface area contributed by atoms with Crippen LogP contribution in [-0.4, -0.2) is 25.5 Å². The van der Waals surface area contributed by atoms with E-state index in [1.54, 1.807) is 24.3 Å².